The monoisotopic (exact) mass is 572 g/mol. The number of nitrogens with one attached hydrogen (secondary N) is 1. The Morgan fingerprint density at radius 3 is 2.14 bits per heavy atom. The highest BCUT2D eigenvalue weighted by atomic mass is 16.5. The van der Waals surface area contributed by atoms with E-state index in [1.807, 2.05) is 39.0 Å². The Morgan fingerprint density at radius 1 is 0.952 bits per heavy atom. The highest BCUT2D eigenvalue weighted by molar-refractivity contribution is 6.25. The Morgan fingerprint density at radius 2 is 1.60 bits per heavy atom. The van der Waals surface area contributed by atoms with Crippen LogP contribution in [-0.2, 0) is 33.6 Å². The number of para-hydroxylation sites is 1. The minimum atomic E-state index is -1.82. The van der Waals surface area contributed by atoms with Crippen LogP contribution in [0.25, 0.3) is 0 Å². The molecule has 4 atom stereocenters. The van der Waals surface area contributed by atoms with Gasteiger partial charge in [-0.1, -0.05) is 50.2 Å². The molecule has 5 rings (SSSR count). The van der Waals surface area contributed by atoms with Gasteiger partial charge in [0.15, 0.2) is 0 Å². The number of benzene rings is 3. The Labute approximate surface area is 245 Å². The second-order valence-electron chi connectivity index (χ2n) is 10.9. The molecule has 0 bridgehead atoms. The number of carboxylic acid groups (broad SMARTS) is 1. The van der Waals surface area contributed by atoms with Crippen LogP contribution in [-0.4, -0.2) is 47.8 Å². The van der Waals surface area contributed by atoms with Gasteiger partial charge >= 0.3 is 5.97 Å². The molecule has 2 heterocycles. The van der Waals surface area contributed by atoms with Crippen molar-refractivity contribution in [1.82, 2.24) is 5.32 Å². The van der Waals surface area contributed by atoms with Gasteiger partial charge in [-0.05, 0) is 54.7 Å². The predicted molar refractivity (Wildman–Crippen MR) is 157 cm³/mol. The predicted octanol–water partition coefficient (Wildman–Crippen LogP) is 4.36. The summed E-state index contributed by atoms with van der Waals surface area (Å²) in [6, 6.07) is 14.6. The summed E-state index contributed by atoms with van der Waals surface area (Å²) in [4.78, 5) is 43.6. The number of aromatic hydroxyl groups is 1. The number of rotatable bonds is 9. The van der Waals surface area contributed by atoms with Crippen LogP contribution in [0.4, 0.5) is 5.69 Å². The molecule has 9 heteroatoms. The second kappa shape index (κ2) is 11.1. The molecule has 2 aliphatic rings. The number of carboxylic acids is 1. The van der Waals surface area contributed by atoms with E-state index in [0.29, 0.717) is 46.7 Å². The number of fused-ring (bicyclic) bond motifs is 1. The van der Waals surface area contributed by atoms with Gasteiger partial charge in [-0.15, -0.1) is 0 Å². The van der Waals surface area contributed by atoms with Crippen LogP contribution in [0.5, 0.6) is 17.2 Å². The molecule has 9 nitrogen and oxygen atoms in total. The fourth-order valence-electron chi connectivity index (χ4n) is 6.79. The first-order valence-corrected chi connectivity index (χ1v) is 14.1. The SMILES string of the molecule is CCc1cccc(CC)c1N1C(=O)C2C(c3ccc(OC)c(C)c3OC)NC(Cc3ccc(O)cc3)(C(=O)O)C2C1=O. The van der Waals surface area contributed by atoms with Crippen molar-refractivity contribution in [3.63, 3.8) is 0 Å². The van der Waals surface area contributed by atoms with Gasteiger partial charge in [-0.2, -0.15) is 0 Å². The topological polar surface area (TPSA) is 125 Å². The van der Waals surface area contributed by atoms with Crippen molar-refractivity contribution < 1.29 is 34.1 Å². The van der Waals surface area contributed by atoms with E-state index in [1.54, 1.807) is 31.4 Å². The number of nitrogens with zero attached hydrogens (tertiary/aromatic N) is 1. The van der Waals surface area contributed by atoms with Crippen LogP contribution in [0.15, 0.2) is 54.6 Å². The van der Waals surface area contributed by atoms with Gasteiger partial charge in [-0.3, -0.25) is 19.7 Å². The maximum atomic E-state index is 14.5. The van der Waals surface area contributed by atoms with Gasteiger partial charge in [-0.25, -0.2) is 4.90 Å². The largest absolute Gasteiger partial charge is 0.508 e. The van der Waals surface area contributed by atoms with Crippen molar-refractivity contribution >= 4 is 23.5 Å². The molecule has 0 spiro atoms. The lowest BCUT2D eigenvalue weighted by Crippen LogP contribution is -2.57. The summed E-state index contributed by atoms with van der Waals surface area (Å²) in [6.07, 6.45) is 1.11. The van der Waals surface area contributed by atoms with Crippen molar-refractivity contribution in [3.05, 3.63) is 82.4 Å². The molecule has 0 radical (unpaired) electrons. The number of phenols is 1. The zero-order valence-electron chi connectivity index (χ0n) is 24.4. The fraction of sp³-hybridized carbons (Fsp3) is 0.364. The van der Waals surface area contributed by atoms with Crippen LogP contribution in [0, 0.1) is 18.8 Å². The van der Waals surface area contributed by atoms with E-state index in [9.17, 15) is 24.6 Å². The van der Waals surface area contributed by atoms with Gasteiger partial charge in [0, 0.05) is 23.6 Å². The number of hydrogen-bond acceptors (Lipinski definition) is 7. The number of imide groups is 1. The quantitative estimate of drug-likeness (QED) is 0.323. The molecule has 2 aliphatic heterocycles. The van der Waals surface area contributed by atoms with Crippen LogP contribution in [0.3, 0.4) is 0 Å². The Balaban J connectivity index is 1.74. The fourth-order valence-corrected chi connectivity index (χ4v) is 6.79. The molecule has 4 unspecified atom stereocenters. The lowest BCUT2D eigenvalue weighted by molar-refractivity contribution is -0.148. The molecule has 2 amide bonds. The lowest BCUT2D eigenvalue weighted by atomic mass is 9.76. The summed E-state index contributed by atoms with van der Waals surface area (Å²) in [6.45, 7) is 5.76. The van der Waals surface area contributed by atoms with Crippen molar-refractivity contribution in [2.45, 2.75) is 51.6 Å². The average Bonchev–Trinajstić information content (AvgIpc) is 3.46. The number of aliphatic carboxylic acids is 1. The molecule has 2 fully saturated rings. The summed E-state index contributed by atoms with van der Waals surface area (Å²) in [5.74, 6) is -3.36. The second-order valence-corrected chi connectivity index (χ2v) is 10.9. The highest BCUT2D eigenvalue weighted by Crippen LogP contribution is 2.53. The number of ether oxygens (including phenoxy) is 2. The third-order valence-corrected chi connectivity index (χ3v) is 8.79. The Bertz CT molecular complexity index is 1530. The molecule has 0 aromatic heterocycles. The minimum Gasteiger partial charge on any atom is -0.508 e. The van der Waals surface area contributed by atoms with E-state index in [-0.39, 0.29) is 12.2 Å². The van der Waals surface area contributed by atoms with Gasteiger partial charge in [0.1, 0.15) is 22.8 Å². The van der Waals surface area contributed by atoms with E-state index in [1.165, 1.54) is 24.1 Å². The Kier molecular flexibility index (Phi) is 7.72. The highest BCUT2D eigenvalue weighted by Gasteiger charge is 2.69. The molecule has 3 aromatic carbocycles. The average molecular weight is 573 g/mol. The molecule has 42 heavy (non-hydrogen) atoms. The van der Waals surface area contributed by atoms with Crippen LogP contribution >= 0.6 is 0 Å². The van der Waals surface area contributed by atoms with Crippen LogP contribution in [0.1, 0.15) is 47.7 Å². The molecule has 3 N–H and O–H groups in total. The van der Waals surface area contributed by atoms with Crippen molar-refractivity contribution in [1.29, 1.82) is 0 Å². The molecule has 3 aromatic rings. The van der Waals surface area contributed by atoms with E-state index in [2.05, 4.69) is 5.32 Å². The standard InChI is InChI=1S/C33H36N2O7/c1-6-20-9-8-10-21(7-2)28(20)35-30(37)25-26(31(35)38)33(32(39)40,17-19-11-13-22(36)14-12-19)34-27(25)23-15-16-24(41-4)18(3)29(23)42-5/h8-16,25-27,34,36H,6-7,17H2,1-5H3,(H,39,40). The zero-order chi connectivity index (χ0) is 30.3. The van der Waals surface area contributed by atoms with Gasteiger partial charge in [0.25, 0.3) is 0 Å². The summed E-state index contributed by atoms with van der Waals surface area (Å²) in [5.41, 5.74) is 2.29. The number of aryl methyl sites for hydroxylation is 2. The number of anilines is 1. The van der Waals surface area contributed by atoms with E-state index < -0.39 is 41.2 Å². The van der Waals surface area contributed by atoms with E-state index in [0.717, 1.165) is 11.1 Å². The van der Waals surface area contributed by atoms with Crippen molar-refractivity contribution in [2.24, 2.45) is 11.8 Å². The zero-order valence-corrected chi connectivity index (χ0v) is 24.4. The smallest absolute Gasteiger partial charge is 0.325 e. The maximum Gasteiger partial charge on any atom is 0.325 e. The van der Waals surface area contributed by atoms with Gasteiger partial charge in [0.2, 0.25) is 11.8 Å². The Hall–Kier alpha value is -4.37. The number of hydrogen-bond donors (Lipinski definition) is 3. The molecular weight excluding hydrogens is 536 g/mol. The number of methoxy groups -OCH3 is 2. The van der Waals surface area contributed by atoms with Gasteiger partial charge < -0.3 is 19.7 Å². The summed E-state index contributed by atoms with van der Waals surface area (Å²) < 4.78 is 11.3. The number of carbonyl (C=O) groups is 3. The maximum absolute atomic E-state index is 14.5. The number of carbonyl (C=O) groups excluding carboxylic acids is 2. The summed E-state index contributed by atoms with van der Waals surface area (Å²) >= 11 is 0. The van der Waals surface area contributed by atoms with Crippen molar-refractivity contribution in [2.75, 3.05) is 19.1 Å². The third-order valence-electron chi connectivity index (χ3n) is 8.79. The van der Waals surface area contributed by atoms with Gasteiger partial charge in [0.05, 0.1) is 31.7 Å². The molecular formula is C33H36N2O7. The first-order valence-electron chi connectivity index (χ1n) is 14.1. The van der Waals surface area contributed by atoms with E-state index in [4.69, 9.17) is 9.47 Å². The molecule has 0 saturated carbocycles. The first-order chi connectivity index (χ1) is 20.1. The summed E-state index contributed by atoms with van der Waals surface area (Å²) in [5, 5.41) is 24.0. The molecule has 220 valence electrons. The number of amides is 2. The molecule has 0 aliphatic carbocycles. The molecule has 2 saturated heterocycles. The lowest BCUT2D eigenvalue weighted by Gasteiger charge is -2.32. The summed E-state index contributed by atoms with van der Waals surface area (Å²) in [7, 11) is 3.06. The normalized spacial score (nSPS) is 23.3. The first kappa shape index (κ1) is 29.1. The van der Waals surface area contributed by atoms with E-state index >= 15 is 0 Å². The van der Waals surface area contributed by atoms with Crippen molar-refractivity contribution in [3.8, 4) is 17.2 Å². The van der Waals surface area contributed by atoms with Crippen LogP contribution in [0.2, 0.25) is 0 Å². The number of phenolic OH excluding ortho intramolecular Hbond substituents is 1. The minimum absolute atomic E-state index is 0.0401. The van der Waals surface area contributed by atoms with Crippen LogP contribution < -0.4 is 19.7 Å². The third kappa shape index (κ3) is 4.39.